The highest BCUT2D eigenvalue weighted by Gasteiger charge is 2.28. The molecule has 96 valence electrons. The predicted molar refractivity (Wildman–Crippen MR) is 67.0 cm³/mol. The van der Waals surface area contributed by atoms with Gasteiger partial charge < -0.3 is 14.7 Å². The Bertz CT molecular complexity index is 591. The second-order valence-corrected chi connectivity index (χ2v) is 5.18. The van der Waals surface area contributed by atoms with Gasteiger partial charge in [0.25, 0.3) is 0 Å². The Kier molecular flexibility index (Phi) is 2.71. The molecule has 1 atom stereocenters. The number of nitrogens with zero attached hydrogens (tertiary/aromatic N) is 3. The van der Waals surface area contributed by atoms with Gasteiger partial charge in [0.1, 0.15) is 11.6 Å². The number of thiophene rings is 1. The van der Waals surface area contributed by atoms with Gasteiger partial charge in [0.2, 0.25) is 0 Å². The Morgan fingerprint density at radius 1 is 1.78 bits per heavy atom. The summed E-state index contributed by atoms with van der Waals surface area (Å²) in [5, 5.41) is 15.4. The van der Waals surface area contributed by atoms with Gasteiger partial charge in [-0.05, 0) is 11.4 Å². The molecule has 3 heterocycles. The van der Waals surface area contributed by atoms with E-state index in [2.05, 4.69) is 5.10 Å². The molecule has 0 radical (unpaired) electrons. The minimum atomic E-state index is -0.947. The molecule has 6 nitrogen and oxygen atoms in total. The number of hydrogen-bond donors (Lipinski definition) is 1. The fourth-order valence-corrected chi connectivity index (χ4v) is 3.10. The van der Waals surface area contributed by atoms with E-state index in [1.807, 2.05) is 16.1 Å². The monoisotopic (exact) mass is 267 g/mol. The van der Waals surface area contributed by atoms with Crippen molar-refractivity contribution in [2.45, 2.75) is 12.6 Å². The molecule has 1 unspecified atom stereocenters. The molecule has 18 heavy (non-hydrogen) atoms. The first-order valence-corrected chi connectivity index (χ1v) is 6.54. The topological polar surface area (TPSA) is 67.6 Å². The van der Waals surface area contributed by atoms with Crippen molar-refractivity contribution in [3.8, 4) is 0 Å². The van der Waals surface area contributed by atoms with Crippen molar-refractivity contribution < 1.29 is 14.6 Å². The zero-order valence-corrected chi connectivity index (χ0v) is 10.7. The van der Waals surface area contributed by atoms with Crippen molar-refractivity contribution in [2.24, 2.45) is 0 Å². The predicted octanol–water partition coefficient (Wildman–Crippen LogP) is 1.78. The first kappa shape index (κ1) is 11.5. The van der Waals surface area contributed by atoms with Crippen molar-refractivity contribution in [3.05, 3.63) is 17.1 Å². The summed E-state index contributed by atoms with van der Waals surface area (Å²) in [4.78, 5) is 12.1. The highest BCUT2D eigenvalue weighted by Crippen LogP contribution is 2.33. The van der Waals surface area contributed by atoms with Gasteiger partial charge in [0.05, 0.1) is 30.1 Å². The summed E-state index contributed by atoms with van der Waals surface area (Å²) in [5.41, 5.74) is 1.96. The third-order valence-corrected chi connectivity index (χ3v) is 4.00. The van der Waals surface area contributed by atoms with Gasteiger partial charge in [0, 0.05) is 7.05 Å². The lowest BCUT2D eigenvalue weighted by molar-refractivity contribution is 0.00178. The fraction of sp³-hybridized carbons (Fsp3) is 0.455. The van der Waals surface area contributed by atoms with E-state index in [0.29, 0.717) is 13.2 Å². The SMILES string of the molecule is CN(CC1OCCn2nc3ccsc3c21)C(=O)O. The number of amides is 1. The standard InChI is InChI=1S/C11H13N3O3S/c1-13(11(15)16)6-8-9-10-7(2-5-18-10)12-14(9)3-4-17-8/h2,5,8H,3-4,6H2,1H3,(H,15,16). The van der Waals surface area contributed by atoms with E-state index >= 15 is 0 Å². The number of hydrogen-bond acceptors (Lipinski definition) is 4. The molecule has 0 saturated heterocycles. The lowest BCUT2D eigenvalue weighted by Crippen LogP contribution is -2.34. The molecular formula is C11H13N3O3S. The van der Waals surface area contributed by atoms with E-state index in [9.17, 15) is 4.79 Å². The van der Waals surface area contributed by atoms with Crippen LogP contribution < -0.4 is 0 Å². The van der Waals surface area contributed by atoms with E-state index in [1.165, 1.54) is 4.90 Å². The van der Waals surface area contributed by atoms with Gasteiger partial charge in [-0.3, -0.25) is 4.68 Å². The Morgan fingerprint density at radius 2 is 2.61 bits per heavy atom. The summed E-state index contributed by atoms with van der Waals surface area (Å²) < 4.78 is 8.73. The Labute approximate surface area is 107 Å². The average molecular weight is 267 g/mol. The molecule has 1 amide bonds. The van der Waals surface area contributed by atoms with Crippen molar-refractivity contribution in [2.75, 3.05) is 20.2 Å². The number of carbonyl (C=O) groups is 1. The molecule has 1 aliphatic heterocycles. The van der Waals surface area contributed by atoms with E-state index in [0.717, 1.165) is 22.5 Å². The highest BCUT2D eigenvalue weighted by molar-refractivity contribution is 7.17. The zero-order chi connectivity index (χ0) is 12.7. The molecule has 3 rings (SSSR count). The largest absolute Gasteiger partial charge is 0.465 e. The van der Waals surface area contributed by atoms with E-state index in [1.54, 1.807) is 18.4 Å². The number of carboxylic acid groups (broad SMARTS) is 1. The smallest absolute Gasteiger partial charge is 0.407 e. The number of fused-ring (bicyclic) bond motifs is 3. The molecule has 0 saturated carbocycles. The summed E-state index contributed by atoms with van der Waals surface area (Å²) >= 11 is 1.62. The van der Waals surface area contributed by atoms with Crippen LogP contribution in [0.3, 0.4) is 0 Å². The van der Waals surface area contributed by atoms with Crippen molar-refractivity contribution in [1.29, 1.82) is 0 Å². The average Bonchev–Trinajstić information content (AvgIpc) is 2.88. The number of rotatable bonds is 2. The summed E-state index contributed by atoms with van der Waals surface area (Å²) in [5.74, 6) is 0. The molecule has 2 aromatic rings. The third-order valence-electron chi connectivity index (χ3n) is 3.08. The first-order chi connectivity index (χ1) is 8.66. The van der Waals surface area contributed by atoms with Crippen LogP contribution in [-0.2, 0) is 11.3 Å². The molecule has 7 heteroatoms. The van der Waals surface area contributed by atoms with Gasteiger partial charge in [0.15, 0.2) is 0 Å². The molecule has 0 bridgehead atoms. The van der Waals surface area contributed by atoms with Gasteiger partial charge in [-0.15, -0.1) is 11.3 Å². The van der Waals surface area contributed by atoms with E-state index in [-0.39, 0.29) is 6.10 Å². The van der Waals surface area contributed by atoms with E-state index < -0.39 is 6.09 Å². The maximum atomic E-state index is 10.9. The quantitative estimate of drug-likeness (QED) is 0.900. The maximum Gasteiger partial charge on any atom is 0.407 e. The van der Waals surface area contributed by atoms with Crippen LogP contribution in [0.2, 0.25) is 0 Å². The van der Waals surface area contributed by atoms with Gasteiger partial charge >= 0.3 is 6.09 Å². The maximum absolute atomic E-state index is 10.9. The van der Waals surface area contributed by atoms with Gasteiger partial charge in [-0.1, -0.05) is 0 Å². The highest BCUT2D eigenvalue weighted by atomic mass is 32.1. The van der Waals surface area contributed by atoms with Crippen LogP contribution in [0.25, 0.3) is 10.2 Å². The molecule has 0 aliphatic carbocycles. The van der Waals surface area contributed by atoms with Crippen molar-refractivity contribution in [3.63, 3.8) is 0 Å². The lowest BCUT2D eigenvalue weighted by Gasteiger charge is -2.27. The van der Waals surface area contributed by atoms with Crippen LogP contribution >= 0.6 is 11.3 Å². The lowest BCUT2D eigenvalue weighted by atomic mass is 10.2. The van der Waals surface area contributed by atoms with Gasteiger partial charge in [-0.2, -0.15) is 5.10 Å². The molecule has 1 aliphatic rings. The van der Waals surface area contributed by atoms with Crippen LogP contribution in [0.1, 0.15) is 11.8 Å². The molecular weight excluding hydrogens is 254 g/mol. The first-order valence-electron chi connectivity index (χ1n) is 5.66. The molecule has 0 aromatic carbocycles. The van der Waals surface area contributed by atoms with Crippen LogP contribution in [0, 0.1) is 0 Å². The van der Waals surface area contributed by atoms with Crippen molar-refractivity contribution >= 4 is 27.6 Å². The number of likely N-dealkylation sites (N-methyl/N-ethyl adjacent to an activating group) is 1. The Hall–Kier alpha value is -1.60. The van der Waals surface area contributed by atoms with E-state index in [4.69, 9.17) is 9.84 Å². The summed E-state index contributed by atoms with van der Waals surface area (Å²) in [6, 6.07) is 1.98. The molecule has 1 N–H and O–H groups in total. The number of ether oxygens (including phenoxy) is 1. The Balaban J connectivity index is 1.97. The second kappa shape index (κ2) is 4.25. The summed E-state index contributed by atoms with van der Waals surface area (Å²) in [6.07, 6.45) is -1.18. The molecule has 2 aromatic heterocycles. The van der Waals surface area contributed by atoms with Crippen LogP contribution in [0.5, 0.6) is 0 Å². The van der Waals surface area contributed by atoms with Crippen molar-refractivity contribution in [1.82, 2.24) is 14.7 Å². The minimum Gasteiger partial charge on any atom is -0.465 e. The fourth-order valence-electron chi connectivity index (χ4n) is 2.18. The van der Waals surface area contributed by atoms with Crippen LogP contribution in [0.15, 0.2) is 11.4 Å². The van der Waals surface area contributed by atoms with Crippen LogP contribution in [-0.4, -0.2) is 46.1 Å². The minimum absolute atomic E-state index is 0.233. The number of aromatic nitrogens is 2. The molecule has 0 fully saturated rings. The normalized spacial score (nSPS) is 18.8. The van der Waals surface area contributed by atoms with Crippen LogP contribution in [0.4, 0.5) is 4.79 Å². The zero-order valence-electron chi connectivity index (χ0n) is 9.87. The molecule has 0 spiro atoms. The summed E-state index contributed by atoms with van der Waals surface area (Å²) in [7, 11) is 1.55. The summed E-state index contributed by atoms with van der Waals surface area (Å²) in [6.45, 7) is 1.62. The third kappa shape index (κ3) is 1.75. The Morgan fingerprint density at radius 3 is 3.39 bits per heavy atom. The second-order valence-electron chi connectivity index (χ2n) is 4.27. The van der Waals surface area contributed by atoms with Gasteiger partial charge in [-0.25, -0.2) is 4.79 Å².